The Labute approximate surface area is 142 Å². The van der Waals surface area contributed by atoms with Crippen LogP contribution in [0.15, 0.2) is 36.7 Å². The van der Waals surface area contributed by atoms with Crippen LogP contribution in [0.25, 0.3) is 0 Å². The average Bonchev–Trinajstić information content (AvgIpc) is 3.27. The molecule has 0 saturated carbocycles. The molecular formula is C19H23N3O2. The summed E-state index contributed by atoms with van der Waals surface area (Å²) in [5, 5.41) is 0. The molecule has 2 aromatic rings. The summed E-state index contributed by atoms with van der Waals surface area (Å²) >= 11 is 0. The topological polar surface area (TPSA) is 47.4 Å². The van der Waals surface area contributed by atoms with Gasteiger partial charge in [-0.15, -0.1) is 0 Å². The maximum absolute atomic E-state index is 12.9. The van der Waals surface area contributed by atoms with E-state index >= 15 is 0 Å². The van der Waals surface area contributed by atoms with Crippen molar-refractivity contribution in [3.8, 4) is 5.75 Å². The molecule has 4 rings (SSSR count). The van der Waals surface area contributed by atoms with Crippen LogP contribution in [0.4, 0.5) is 0 Å². The summed E-state index contributed by atoms with van der Waals surface area (Å²) in [5.41, 5.74) is 1.13. The third kappa shape index (κ3) is 2.68. The van der Waals surface area contributed by atoms with Crippen LogP contribution in [-0.2, 0) is 17.6 Å². The van der Waals surface area contributed by atoms with Crippen molar-refractivity contribution in [3.63, 3.8) is 0 Å². The number of benzene rings is 1. The molecule has 2 atom stereocenters. The molecule has 126 valence electrons. The third-order valence-corrected chi connectivity index (χ3v) is 5.09. The van der Waals surface area contributed by atoms with Crippen LogP contribution in [0, 0.1) is 0 Å². The summed E-state index contributed by atoms with van der Waals surface area (Å²) in [6.45, 7) is 3.69. The molecule has 0 N–H and O–H groups in total. The average molecular weight is 325 g/mol. The first-order chi connectivity index (χ1) is 11.8. The van der Waals surface area contributed by atoms with Crippen LogP contribution in [0.1, 0.15) is 37.2 Å². The number of carbonyl (C=O) groups excluding carboxylic acids is 1. The van der Waals surface area contributed by atoms with Gasteiger partial charge in [0, 0.05) is 38.3 Å². The molecule has 0 bridgehead atoms. The highest BCUT2D eigenvalue weighted by atomic mass is 16.5. The molecule has 0 aliphatic carbocycles. The van der Waals surface area contributed by atoms with Crippen molar-refractivity contribution in [2.45, 2.75) is 44.8 Å². The Hall–Kier alpha value is -2.30. The van der Waals surface area contributed by atoms with Gasteiger partial charge in [-0.1, -0.05) is 25.1 Å². The quantitative estimate of drug-likeness (QED) is 0.871. The predicted octanol–water partition coefficient (Wildman–Crippen LogP) is 2.61. The normalized spacial score (nSPS) is 23.0. The van der Waals surface area contributed by atoms with Crippen molar-refractivity contribution in [1.82, 2.24) is 14.5 Å². The minimum Gasteiger partial charge on any atom is -0.480 e. The van der Waals surface area contributed by atoms with Gasteiger partial charge in [0.05, 0.1) is 6.04 Å². The van der Waals surface area contributed by atoms with Crippen LogP contribution < -0.4 is 4.74 Å². The van der Waals surface area contributed by atoms with Gasteiger partial charge in [0.2, 0.25) is 0 Å². The van der Waals surface area contributed by atoms with Crippen molar-refractivity contribution < 1.29 is 9.53 Å². The van der Waals surface area contributed by atoms with Crippen LogP contribution in [0.2, 0.25) is 0 Å². The third-order valence-electron chi connectivity index (χ3n) is 5.09. The number of fused-ring (bicyclic) bond motifs is 1. The first-order valence-electron chi connectivity index (χ1n) is 8.81. The number of hydrogen-bond donors (Lipinski definition) is 0. The number of ether oxygens (including phenoxy) is 1. The van der Waals surface area contributed by atoms with Crippen molar-refractivity contribution in [1.29, 1.82) is 0 Å². The number of carbonyl (C=O) groups is 1. The maximum atomic E-state index is 12.9. The monoisotopic (exact) mass is 325 g/mol. The Morgan fingerprint density at radius 1 is 1.38 bits per heavy atom. The maximum Gasteiger partial charge on any atom is 0.264 e. The Morgan fingerprint density at radius 3 is 3.08 bits per heavy atom. The Kier molecular flexibility index (Phi) is 4.00. The second-order valence-electron chi connectivity index (χ2n) is 6.60. The number of para-hydroxylation sites is 1. The lowest BCUT2D eigenvalue weighted by molar-refractivity contribution is -0.139. The zero-order valence-corrected chi connectivity index (χ0v) is 14.0. The number of rotatable bonds is 3. The lowest BCUT2D eigenvalue weighted by atomic mass is 10.0. The molecule has 5 nitrogen and oxygen atoms in total. The number of imidazole rings is 1. The van der Waals surface area contributed by atoms with Gasteiger partial charge in [-0.25, -0.2) is 4.98 Å². The van der Waals surface area contributed by atoms with Gasteiger partial charge in [-0.05, 0) is 24.5 Å². The fourth-order valence-corrected chi connectivity index (χ4v) is 3.86. The first-order valence-corrected chi connectivity index (χ1v) is 8.81. The number of hydrogen-bond acceptors (Lipinski definition) is 3. The zero-order chi connectivity index (χ0) is 16.5. The summed E-state index contributed by atoms with van der Waals surface area (Å²) in [5.74, 6) is 2.07. The lowest BCUT2D eigenvalue weighted by Crippen LogP contribution is -2.46. The molecule has 3 heterocycles. The van der Waals surface area contributed by atoms with Gasteiger partial charge in [0.1, 0.15) is 11.6 Å². The van der Waals surface area contributed by atoms with Gasteiger partial charge in [-0.3, -0.25) is 4.79 Å². The van der Waals surface area contributed by atoms with Crippen LogP contribution in [0.5, 0.6) is 5.75 Å². The molecular weight excluding hydrogens is 302 g/mol. The summed E-state index contributed by atoms with van der Waals surface area (Å²) in [6.07, 6.45) is 7.25. The molecule has 1 aromatic heterocycles. The fraction of sp³-hybridized carbons (Fsp3) is 0.474. The Morgan fingerprint density at radius 2 is 2.25 bits per heavy atom. The summed E-state index contributed by atoms with van der Waals surface area (Å²) in [7, 11) is 0. The van der Waals surface area contributed by atoms with E-state index in [1.54, 1.807) is 0 Å². The minimum atomic E-state index is -0.366. The number of aromatic nitrogens is 2. The van der Waals surface area contributed by atoms with E-state index in [1.165, 1.54) is 0 Å². The van der Waals surface area contributed by atoms with Gasteiger partial charge >= 0.3 is 0 Å². The van der Waals surface area contributed by atoms with Gasteiger partial charge in [-0.2, -0.15) is 0 Å². The molecule has 1 saturated heterocycles. The van der Waals surface area contributed by atoms with Crippen LogP contribution in [0.3, 0.4) is 0 Å². The number of aryl methyl sites for hydroxylation is 1. The van der Waals surface area contributed by atoms with Gasteiger partial charge < -0.3 is 14.2 Å². The summed E-state index contributed by atoms with van der Waals surface area (Å²) < 4.78 is 8.12. The van der Waals surface area contributed by atoms with E-state index in [4.69, 9.17) is 4.74 Å². The standard InChI is InChI=1S/C19H23N3O2/c1-2-18-20-9-11-22(18)15-7-5-10-21(13-15)19(23)17-12-14-6-3-4-8-16(14)24-17/h3-4,6,8-9,11,15,17H,2,5,7,10,12-13H2,1H3/t15-,17+/m1/s1. The lowest BCUT2D eigenvalue weighted by Gasteiger charge is -2.35. The van der Waals surface area contributed by atoms with Crippen LogP contribution >= 0.6 is 0 Å². The molecule has 2 aliphatic heterocycles. The van der Waals surface area contributed by atoms with E-state index in [9.17, 15) is 4.79 Å². The summed E-state index contributed by atoms with van der Waals surface area (Å²) in [4.78, 5) is 19.3. The number of amides is 1. The highest BCUT2D eigenvalue weighted by molar-refractivity contribution is 5.82. The van der Waals surface area contributed by atoms with E-state index in [-0.39, 0.29) is 12.0 Å². The molecule has 2 aliphatic rings. The fourth-order valence-electron chi connectivity index (χ4n) is 3.86. The van der Waals surface area contributed by atoms with Crippen molar-refractivity contribution in [2.75, 3.05) is 13.1 Å². The van der Waals surface area contributed by atoms with E-state index in [0.717, 1.165) is 49.5 Å². The van der Waals surface area contributed by atoms with Crippen LogP contribution in [-0.4, -0.2) is 39.6 Å². The van der Waals surface area contributed by atoms with E-state index in [2.05, 4.69) is 16.5 Å². The summed E-state index contributed by atoms with van der Waals surface area (Å²) in [6, 6.07) is 8.26. The molecule has 1 amide bonds. The first kappa shape index (κ1) is 15.2. The molecule has 5 heteroatoms. The number of nitrogens with zero attached hydrogens (tertiary/aromatic N) is 3. The van der Waals surface area contributed by atoms with Gasteiger partial charge in [0.15, 0.2) is 6.10 Å². The number of piperidine rings is 1. The zero-order valence-electron chi connectivity index (χ0n) is 14.0. The minimum absolute atomic E-state index is 0.120. The molecule has 24 heavy (non-hydrogen) atoms. The Bertz CT molecular complexity index is 715. The second-order valence-corrected chi connectivity index (χ2v) is 6.60. The van der Waals surface area contributed by atoms with E-state index < -0.39 is 0 Å². The van der Waals surface area contributed by atoms with Gasteiger partial charge in [0.25, 0.3) is 5.91 Å². The molecule has 1 fully saturated rings. The molecule has 1 aromatic carbocycles. The largest absolute Gasteiger partial charge is 0.480 e. The Balaban J connectivity index is 1.46. The SMILES string of the molecule is CCc1nccn1[C@@H]1CCCN(C(=O)[C@@H]2Cc3ccccc3O2)C1. The van der Waals surface area contributed by atoms with Crippen molar-refractivity contribution >= 4 is 5.91 Å². The highest BCUT2D eigenvalue weighted by Crippen LogP contribution is 2.30. The van der Waals surface area contributed by atoms with E-state index in [0.29, 0.717) is 12.5 Å². The predicted molar refractivity (Wildman–Crippen MR) is 91.0 cm³/mol. The second kappa shape index (κ2) is 6.30. The number of likely N-dealkylation sites (tertiary alicyclic amines) is 1. The molecule has 0 unspecified atom stereocenters. The van der Waals surface area contributed by atoms with Crippen molar-refractivity contribution in [3.05, 3.63) is 48.0 Å². The highest BCUT2D eigenvalue weighted by Gasteiger charge is 2.34. The smallest absolute Gasteiger partial charge is 0.264 e. The van der Waals surface area contributed by atoms with Crippen molar-refractivity contribution in [2.24, 2.45) is 0 Å². The van der Waals surface area contributed by atoms with E-state index in [1.807, 2.05) is 41.6 Å². The molecule has 0 radical (unpaired) electrons. The molecule has 0 spiro atoms.